The van der Waals surface area contributed by atoms with Crippen molar-refractivity contribution >= 4 is 5.71 Å². The molecule has 0 unspecified atom stereocenters. The maximum Gasteiger partial charge on any atom is 0.0892 e. The molecule has 2 nitrogen and oxygen atoms in total. The molecule has 0 aromatic heterocycles. The minimum atomic E-state index is 0.423. The smallest absolute Gasteiger partial charge is 0.0892 e. The second-order valence-corrected chi connectivity index (χ2v) is 3.46. The molecule has 1 aliphatic carbocycles. The molecule has 70 valence electrons. The van der Waals surface area contributed by atoms with Crippen molar-refractivity contribution < 1.29 is 5.21 Å². The minimum Gasteiger partial charge on any atom is -0.411 e. The summed E-state index contributed by atoms with van der Waals surface area (Å²) >= 11 is 0. The van der Waals surface area contributed by atoms with Crippen LogP contribution in [-0.2, 0) is 0 Å². The van der Waals surface area contributed by atoms with Crippen LogP contribution in [0.4, 0.5) is 0 Å². The van der Waals surface area contributed by atoms with Gasteiger partial charge >= 0.3 is 0 Å². The molecule has 0 atom stereocenters. The van der Waals surface area contributed by atoms with Crippen LogP contribution in [-0.4, -0.2) is 10.9 Å². The van der Waals surface area contributed by atoms with Crippen LogP contribution in [0.15, 0.2) is 41.6 Å². The highest BCUT2D eigenvalue weighted by molar-refractivity contribution is 6.04. The van der Waals surface area contributed by atoms with Gasteiger partial charge < -0.3 is 5.21 Å². The Morgan fingerprint density at radius 2 is 2.00 bits per heavy atom. The summed E-state index contributed by atoms with van der Waals surface area (Å²) in [6.45, 7) is 9.50. The fourth-order valence-corrected chi connectivity index (χ4v) is 1.09. The van der Waals surface area contributed by atoms with Gasteiger partial charge in [-0.25, -0.2) is 0 Å². The Balaban J connectivity index is 2.60. The van der Waals surface area contributed by atoms with Crippen molar-refractivity contribution in [1.29, 1.82) is 0 Å². The molecule has 1 fully saturated rings. The van der Waals surface area contributed by atoms with Crippen molar-refractivity contribution in [3.63, 3.8) is 0 Å². The first-order valence-corrected chi connectivity index (χ1v) is 4.40. The number of rotatable bonds is 4. The Labute approximate surface area is 79.0 Å². The topological polar surface area (TPSA) is 32.6 Å². The van der Waals surface area contributed by atoms with Gasteiger partial charge in [-0.05, 0) is 25.3 Å². The first-order chi connectivity index (χ1) is 6.15. The number of nitrogens with zero attached hydrogens (tertiary/aromatic N) is 1. The highest BCUT2D eigenvalue weighted by Crippen LogP contribution is 2.33. The van der Waals surface area contributed by atoms with Crippen molar-refractivity contribution in [1.82, 2.24) is 0 Å². The monoisotopic (exact) mass is 177 g/mol. The summed E-state index contributed by atoms with van der Waals surface area (Å²) < 4.78 is 0. The molecule has 0 amide bonds. The van der Waals surface area contributed by atoms with Crippen LogP contribution in [0.1, 0.15) is 19.8 Å². The van der Waals surface area contributed by atoms with Gasteiger partial charge in [0.25, 0.3) is 0 Å². The maximum atomic E-state index is 8.74. The quantitative estimate of drug-likeness (QED) is 0.304. The third kappa shape index (κ3) is 2.90. The van der Waals surface area contributed by atoms with Crippen LogP contribution < -0.4 is 0 Å². The molecule has 0 aliphatic heterocycles. The van der Waals surface area contributed by atoms with E-state index in [0.717, 1.165) is 29.7 Å². The fraction of sp³-hybridized carbons (Fsp3) is 0.364. The van der Waals surface area contributed by atoms with Gasteiger partial charge in [0, 0.05) is 5.92 Å². The van der Waals surface area contributed by atoms with Crippen LogP contribution in [0, 0.1) is 5.92 Å². The van der Waals surface area contributed by atoms with Crippen molar-refractivity contribution in [3.8, 4) is 0 Å². The lowest BCUT2D eigenvalue weighted by Gasteiger charge is -2.00. The van der Waals surface area contributed by atoms with E-state index < -0.39 is 0 Å². The van der Waals surface area contributed by atoms with Crippen LogP contribution in [0.2, 0.25) is 0 Å². The van der Waals surface area contributed by atoms with Crippen LogP contribution in [0.25, 0.3) is 0 Å². The molecule has 1 aliphatic rings. The van der Waals surface area contributed by atoms with Gasteiger partial charge in [0.05, 0.1) is 5.71 Å². The Kier molecular flexibility index (Phi) is 3.07. The fourth-order valence-electron chi connectivity index (χ4n) is 1.09. The number of allylic oxidation sites excluding steroid dienone is 4. The van der Waals surface area contributed by atoms with Crippen molar-refractivity contribution in [2.45, 2.75) is 19.8 Å². The molecular formula is C11H15NO. The molecule has 0 aromatic carbocycles. The van der Waals surface area contributed by atoms with Gasteiger partial charge in [-0.1, -0.05) is 36.0 Å². The molecule has 0 spiro atoms. The normalized spacial score (nSPS) is 17.8. The molecule has 2 heteroatoms. The molecule has 0 aromatic rings. The average molecular weight is 177 g/mol. The summed E-state index contributed by atoms with van der Waals surface area (Å²) in [5.41, 5.74) is 2.47. The Morgan fingerprint density at radius 3 is 2.38 bits per heavy atom. The third-order valence-electron chi connectivity index (χ3n) is 1.97. The molecule has 0 heterocycles. The van der Waals surface area contributed by atoms with Crippen LogP contribution >= 0.6 is 0 Å². The molecule has 1 N–H and O–H groups in total. The van der Waals surface area contributed by atoms with Crippen LogP contribution in [0.5, 0.6) is 0 Å². The van der Waals surface area contributed by atoms with Crippen molar-refractivity contribution in [2.24, 2.45) is 11.1 Å². The van der Waals surface area contributed by atoms with Crippen LogP contribution in [0.3, 0.4) is 0 Å². The standard InChI is InChI=1S/C11H15NO/c1-8(2)4-5-9(3)11(12-13)10-6-7-10/h4-5,10,13H,1,3,6-7H2,2H3/b5-4-,12-11-. The predicted molar refractivity (Wildman–Crippen MR) is 55.0 cm³/mol. The van der Waals surface area contributed by atoms with Crippen molar-refractivity contribution in [2.75, 3.05) is 0 Å². The molecule has 0 bridgehead atoms. The third-order valence-corrected chi connectivity index (χ3v) is 1.97. The van der Waals surface area contributed by atoms with E-state index in [-0.39, 0.29) is 0 Å². The summed E-state index contributed by atoms with van der Waals surface area (Å²) in [6, 6.07) is 0. The Hall–Kier alpha value is -1.31. The highest BCUT2D eigenvalue weighted by Gasteiger charge is 2.28. The van der Waals surface area contributed by atoms with Gasteiger partial charge in [-0.2, -0.15) is 0 Å². The SMILES string of the molecule is C=C(C)/C=C\C(=C)/C(=N/O)C1CC1. The highest BCUT2D eigenvalue weighted by atomic mass is 16.4. The summed E-state index contributed by atoms with van der Waals surface area (Å²) in [7, 11) is 0. The van der Waals surface area contributed by atoms with Gasteiger partial charge in [0.1, 0.15) is 0 Å². The van der Waals surface area contributed by atoms with Crippen molar-refractivity contribution in [3.05, 3.63) is 36.5 Å². The molecular weight excluding hydrogens is 162 g/mol. The Bertz CT molecular complexity index is 282. The average Bonchev–Trinajstić information content (AvgIpc) is 2.86. The molecule has 13 heavy (non-hydrogen) atoms. The summed E-state index contributed by atoms with van der Waals surface area (Å²) in [5, 5.41) is 12.0. The van der Waals surface area contributed by atoms with E-state index in [9.17, 15) is 0 Å². The molecule has 1 saturated carbocycles. The van der Waals surface area contributed by atoms with E-state index in [1.54, 1.807) is 0 Å². The number of oxime groups is 1. The predicted octanol–water partition coefficient (Wildman–Crippen LogP) is 2.92. The second-order valence-electron chi connectivity index (χ2n) is 3.46. The largest absolute Gasteiger partial charge is 0.411 e. The van der Waals surface area contributed by atoms with E-state index in [4.69, 9.17) is 5.21 Å². The maximum absolute atomic E-state index is 8.74. The summed E-state index contributed by atoms with van der Waals surface area (Å²) in [5.74, 6) is 0.423. The zero-order valence-electron chi connectivity index (χ0n) is 7.95. The zero-order chi connectivity index (χ0) is 9.84. The summed E-state index contributed by atoms with van der Waals surface area (Å²) in [4.78, 5) is 0. The second kappa shape index (κ2) is 4.08. The van der Waals surface area contributed by atoms with E-state index in [2.05, 4.69) is 18.3 Å². The molecule has 0 saturated heterocycles. The van der Waals surface area contributed by atoms with E-state index in [0.29, 0.717) is 5.92 Å². The van der Waals surface area contributed by atoms with E-state index in [1.807, 2.05) is 19.1 Å². The van der Waals surface area contributed by atoms with Gasteiger partial charge in [-0.15, -0.1) is 0 Å². The minimum absolute atomic E-state index is 0.423. The van der Waals surface area contributed by atoms with Gasteiger partial charge in [0.2, 0.25) is 0 Å². The number of hydrogen-bond donors (Lipinski definition) is 1. The first kappa shape index (κ1) is 9.78. The van der Waals surface area contributed by atoms with E-state index in [1.165, 1.54) is 0 Å². The lowest BCUT2D eigenvalue weighted by Crippen LogP contribution is -2.02. The molecule has 1 rings (SSSR count). The van der Waals surface area contributed by atoms with Gasteiger partial charge in [-0.3, -0.25) is 0 Å². The number of hydrogen-bond acceptors (Lipinski definition) is 2. The lowest BCUT2D eigenvalue weighted by atomic mass is 10.1. The summed E-state index contributed by atoms with van der Waals surface area (Å²) in [6.07, 6.45) is 5.93. The Morgan fingerprint density at radius 1 is 1.38 bits per heavy atom. The first-order valence-electron chi connectivity index (χ1n) is 4.40. The van der Waals surface area contributed by atoms with Gasteiger partial charge in [0.15, 0.2) is 0 Å². The zero-order valence-corrected chi connectivity index (χ0v) is 7.95. The lowest BCUT2D eigenvalue weighted by molar-refractivity contribution is 0.317. The van der Waals surface area contributed by atoms with E-state index >= 15 is 0 Å². The molecule has 0 radical (unpaired) electrons.